The van der Waals surface area contributed by atoms with Crippen LogP contribution in [-0.2, 0) is 0 Å². The second kappa shape index (κ2) is 9.96. The van der Waals surface area contributed by atoms with Crippen molar-refractivity contribution in [2.24, 2.45) is 0 Å². The van der Waals surface area contributed by atoms with E-state index < -0.39 is 11.0 Å². The van der Waals surface area contributed by atoms with Crippen LogP contribution >= 0.6 is 12.4 Å². The largest absolute Gasteiger partial charge is 0.491 e. The number of nitrogens with one attached hydrogen (secondary N) is 1. The molecule has 27 heavy (non-hydrogen) atoms. The molecule has 2 N–H and O–H groups in total. The van der Waals surface area contributed by atoms with Crippen LogP contribution < -0.4 is 19.5 Å². The maximum Gasteiger partial charge on any atom is 0.269 e. The van der Waals surface area contributed by atoms with Gasteiger partial charge in [0.15, 0.2) is 11.5 Å². The van der Waals surface area contributed by atoms with Crippen molar-refractivity contribution in [1.29, 1.82) is 0 Å². The van der Waals surface area contributed by atoms with Crippen molar-refractivity contribution < 1.29 is 24.2 Å². The number of hydrogen-bond donors (Lipinski definition) is 2. The lowest BCUT2D eigenvalue weighted by Crippen LogP contribution is -2.41. The molecule has 3 rings (SSSR count). The molecule has 0 spiro atoms. The minimum atomic E-state index is -0.720. The van der Waals surface area contributed by atoms with E-state index >= 15 is 0 Å². The standard InChI is InChI=1S/C18H20N2O6.ClH/c21-14(11-24-15-7-5-13(6-8-15)20(22)23)9-19-10-16-12-25-17-3-1-2-4-18(17)26-16;/h1-8,14,16,19,21H,9-12H2;1H. The second-order valence-electron chi connectivity index (χ2n) is 5.87. The van der Waals surface area contributed by atoms with Gasteiger partial charge in [0.25, 0.3) is 5.69 Å². The third kappa shape index (κ3) is 5.99. The van der Waals surface area contributed by atoms with Crippen molar-refractivity contribution in [3.63, 3.8) is 0 Å². The van der Waals surface area contributed by atoms with Crippen LogP contribution in [0.3, 0.4) is 0 Å². The molecule has 2 unspecified atom stereocenters. The van der Waals surface area contributed by atoms with Crippen molar-refractivity contribution in [3.8, 4) is 17.2 Å². The first-order chi connectivity index (χ1) is 12.6. The Bertz CT molecular complexity index is 743. The van der Waals surface area contributed by atoms with Crippen molar-refractivity contribution >= 4 is 18.1 Å². The summed E-state index contributed by atoms with van der Waals surface area (Å²) in [4.78, 5) is 10.1. The maximum atomic E-state index is 10.6. The summed E-state index contributed by atoms with van der Waals surface area (Å²) in [5.74, 6) is 1.92. The first kappa shape index (κ1) is 20.8. The van der Waals surface area contributed by atoms with Gasteiger partial charge in [0.2, 0.25) is 0 Å². The zero-order valence-electron chi connectivity index (χ0n) is 14.4. The van der Waals surface area contributed by atoms with Gasteiger partial charge >= 0.3 is 0 Å². The molecule has 0 radical (unpaired) electrons. The summed E-state index contributed by atoms with van der Waals surface area (Å²) in [5.41, 5.74) is -0.00385. The van der Waals surface area contributed by atoms with Crippen LogP contribution in [0.25, 0.3) is 0 Å². The Morgan fingerprint density at radius 1 is 1.22 bits per heavy atom. The van der Waals surface area contributed by atoms with E-state index in [-0.39, 0.29) is 30.8 Å². The van der Waals surface area contributed by atoms with Crippen LogP contribution in [0.4, 0.5) is 5.69 Å². The van der Waals surface area contributed by atoms with Gasteiger partial charge in [-0.3, -0.25) is 10.1 Å². The van der Waals surface area contributed by atoms with E-state index in [0.717, 1.165) is 5.75 Å². The van der Waals surface area contributed by atoms with Crippen LogP contribution in [0.15, 0.2) is 48.5 Å². The van der Waals surface area contributed by atoms with Gasteiger partial charge in [0, 0.05) is 25.2 Å². The summed E-state index contributed by atoms with van der Waals surface area (Å²) in [7, 11) is 0. The average Bonchev–Trinajstić information content (AvgIpc) is 2.66. The van der Waals surface area contributed by atoms with Crippen molar-refractivity contribution in [2.45, 2.75) is 12.2 Å². The third-order valence-electron chi connectivity index (χ3n) is 3.81. The zero-order chi connectivity index (χ0) is 18.4. The number of rotatable bonds is 8. The Hall–Kier alpha value is -2.55. The van der Waals surface area contributed by atoms with E-state index in [0.29, 0.717) is 31.2 Å². The number of hydrogen-bond acceptors (Lipinski definition) is 7. The molecular weight excluding hydrogens is 376 g/mol. The number of benzene rings is 2. The minimum Gasteiger partial charge on any atom is -0.491 e. The van der Waals surface area contributed by atoms with E-state index in [2.05, 4.69) is 5.32 Å². The van der Waals surface area contributed by atoms with E-state index in [4.69, 9.17) is 14.2 Å². The maximum absolute atomic E-state index is 10.6. The fourth-order valence-corrected chi connectivity index (χ4v) is 2.49. The molecule has 0 saturated carbocycles. The molecule has 0 saturated heterocycles. The fourth-order valence-electron chi connectivity index (χ4n) is 2.49. The number of aliphatic hydroxyl groups is 1. The fraction of sp³-hybridized carbons (Fsp3) is 0.333. The summed E-state index contributed by atoms with van der Waals surface area (Å²) in [6.45, 7) is 1.38. The Morgan fingerprint density at radius 3 is 2.63 bits per heavy atom. The molecule has 2 atom stereocenters. The van der Waals surface area contributed by atoms with Gasteiger partial charge < -0.3 is 24.6 Å². The number of nitrogens with zero attached hydrogens (tertiary/aromatic N) is 1. The molecule has 1 aliphatic heterocycles. The van der Waals surface area contributed by atoms with Crippen LogP contribution in [0, 0.1) is 10.1 Å². The van der Waals surface area contributed by atoms with Gasteiger partial charge in [0.05, 0.1) is 4.92 Å². The Labute approximate surface area is 162 Å². The molecule has 0 bridgehead atoms. The first-order valence-electron chi connectivity index (χ1n) is 8.26. The SMILES string of the molecule is Cl.O=[N+]([O-])c1ccc(OCC(O)CNCC2COc3ccccc3O2)cc1. The highest BCUT2D eigenvalue weighted by Crippen LogP contribution is 2.30. The van der Waals surface area contributed by atoms with Crippen LogP contribution in [-0.4, -0.2) is 48.5 Å². The number of ether oxygens (including phenoxy) is 3. The van der Waals surface area contributed by atoms with E-state index in [1.54, 1.807) is 0 Å². The van der Waals surface area contributed by atoms with Gasteiger partial charge in [0.1, 0.15) is 31.2 Å². The highest BCUT2D eigenvalue weighted by atomic mass is 35.5. The number of halogens is 1. The van der Waals surface area contributed by atoms with Crippen LogP contribution in [0.2, 0.25) is 0 Å². The van der Waals surface area contributed by atoms with Crippen molar-refractivity contribution in [3.05, 3.63) is 58.6 Å². The Balaban J connectivity index is 0.00000261. The smallest absolute Gasteiger partial charge is 0.269 e. The molecule has 9 heteroatoms. The lowest BCUT2D eigenvalue weighted by molar-refractivity contribution is -0.384. The van der Waals surface area contributed by atoms with Gasteiger partial charge in [-0.25, -0.2) is 0 Å². The number of non-ortho nitro benzene ring substituents is 1. The summed E-state index contributed by atoms with van der Waals surface area (Å²) < 4.78 is 16.9. The number of para-hydroxylation sites is 2. The molecule has 2 aromatic rings. The molecule has 146 valence electrons. The van der Waals surface area contributed by atoms with Crippen molar-refractivity contribution in [2.75, 3.05) is 26.3 Å². The summed E-state index contributed by atoms with van der Waals surface area (Å²) in [6.07, 6.45) is -0.852. The lowest BCUT2D eigenvalue weighted by atomic mass is 10.2. The molecule has 2 aromatic carbocycles. The van der Waals surface area contributed by atoms with Gasteiger partial charge in [-0.15, -0.1) is 12.4 Å². The summed E-state index contributed by atoms with van der Waals surface area (Å²) in [6, 6.07) is 13.2. The zero-order valence-corrected chi connectivity index (χ0v) is 15.3. The molecule has 0 aromatic heterocycles. The topological polar surface area (TPSA) is 103 Å². The molecule has 8 nitrogen and oxygen atoms in total. The predicted octanol–water partition coefficient (Wildman–Crippen LogP) is 2.19. The van der Waals surface area contributed by atoms with E-state index in [1.807, 2.05) is 24.3 Å². The molecule has 0 amide bonds. The van der Waals surface area contributed by atoms with E-state index in [9.17, 15) is 15.2 Å². The monoisotopic (exact) mass is 396 g/mol. The highest BCUT2D eigenvalue weighted by Gasteiger charge is 2.20. The van der Waals surface area contributed by atoms with Gasteiger partial charge in [-0.05, 0) is 24.3 Å². The molecule has 0 fully saturated rings. The average molecular weight is 397 g/mol. The van der Waals surface area contributed by atoms with Crippen LogP contribution in [0.1, 0.15) is 0 Å². The third-order valence-corrected chi connectivity index (χ3v) is 3.81. The quantitative estimate of drug-likeness (QED) is 0.520. The molecule has 1 aliphatic rings. The highest BCUT2D eigenvalue weighted by molar-refractivity contribution is 5.85. The summed E-state index contributed by atoms with van der Waals surface area (Å²) in [5, 5.41) is 23.7. The number of aliphatic hydroxyl groups excluding tert-OH is 1. The van der Waals surface area contributed by atoms with E-state index in [1.165, 1.54) is 24.3 Å². The normalized spacial score (nSPS) is 16.1. The number of fused-ring (bicyclic) bond motifs is 1. The molecular formula is C18H21ClN2O6. The summed E-state index contributed by atoms with van der Waals surface area (Å²) >= 11 is 0. The van der Waals surface area contributed by atoms with Crippen molar-refractivity contribution in [1.82, 2.24) is 5.32 Å². The molecule has 1 heterocycles. The predicted molar refractivity (Wildman–Crippen MR) is 101 cm³/mol. The first-order valence-corrected chi connectivity index (χ1v) is 8.26. The number of nitro benzene ring substituents is 1. The van der Waals surface area contributed by atoms with Crippen LogP contribution in [0.5, 0.6) is 17.2 Å². The Morgan fingerprint density at radius 2 is 1.93 bits per heavy atom. The molecule has 0 aliphatic carbocycles. The minimum absolute atomic E-state index is 0. The second-order valence-corrected chi connectivity index (χ2v) is 5.87. The Kier molecular flexibility index (Phi) is 7.66. The lowest BCUT2D eigenvalue weighted by Gasteiger charge is -2.27. The van der Waals surface area contributed by atoms with Gasteiger partial charge in [-0.2, -0.15) is 0 Å². The van der Waals surface area contributed by atoms with Gasteiger partial charge in [-0.1, -0.05) is 12.1 Å². The number of nitro groups is 1.